The summed E-state index contributed by atoms with van der Waals surface area (Å²) in [4.78, 5) is 21.6. The SMILES string of the molecule is C[C@H](Nc1nc(N)ncc1C#N)c1cc2cccc(C(C)(F)F)c2c(=O)n1-c1ccccc1. The molecule has 2 aromatic carbocycles. The lowest BCUT2D eigenvalue weighted by atomic mass is 9.99. The Hall–Kier alpha value is -4.32. The number of alkyl halides is 2. The molecule has 7 nitrogen and oxygen atoms in total. The third-order valence-electron chi connectivity index (χ3n) is 5.29. The van der Waals surface area contributed by atoms with Crippen LogP contribution in [0.5, 0.6) is 0 Å². The van der Waals surface area contributed by atoms with Crippen LogP contribution < -0.4 is 16.6 Å². The second-order valence-corrected chi connectivity index (χ2v) is 7.67. The van der Waals surface area contributed by atoms with Gasteiger partial charge in [-0.3, -0.25) is 9.36 Å². The van der Waals surface area contributed by atoms with E-state index >= 15 is 0 Å². The Balaban J connectivity index is 1.98. The highest BCUT2D eigenvalue weighted by Gasteiger charge is 2.29. The van der Waals surface area contributed by atoms with Crippen molar-refractivity contribution in [2.75, 3.05) is 11.1 Å². The molecule has 0 aliphatic carbocycles. The number of benzene rings is 2. The summed E-state index contributed by atoms with van der Waals surface area (Å²) in [6.45, 7) is 2.55. The number of nitrogens with two attached hydrogens (primary N) is 1. The van der Waals surface area contributed by atoms with Crippen molar-refractivity contribution in [3.8, 4) is 11.8 Å². The largest absolute Gasteiger partial charge is 0.368 e. The highest BCUT2D eigenvalue weighted by atomic mass is 19.3. The zero-order valence-corrected chi connectivity index (χ0v) is 17.9. The molecule has 2 aromatic heterocycles. The summed E-state index contributed by atoms with van der Waals surface area (Å²) < 4.78 is 30.1. The number of fused-ring (bicyclic) bond motifs is 1. The Morgan fingerprint density at radius 1 is 1.18 bits per heavy atom. The minimum Gasteiger partial charge on any atom is -0.368 e. The van der Waals surface area contributed by atoms with Crippen molar-refractivity contribution >= 4 is 22.5 Å². The van der Waals surface area contributed by atoms with Gasteiger partial charge in [-0.2, -0.15) is 10.2 Å². The van der Waals surface area contributed by atoms with E-state index in [0.717, 1.165) is 6.92 Å². The summed E-state index contributed by atoms with van der Waals surface area (Å²) in [6, 6.07) is 16.3. The predicted octanol–water partition coefficient (Wildman–Crippen LogP) is 4.52. The number of rotatable bonds is 5. The van der Waals surface area contributed by atoms with Crippen molar-refractivity contribution in [3.63, 3.8) is 0 Å². The van der Waals surface area contributed by atoms with Gasteiger partial charge in [0.2, 0.25) is 5.95 Å². The van der Waals surface area contributed by atoms with Crippen LogP contribution in [-0.2, 0) is 5.92 Å². The van der Waals surface area contributed by atoms with E-state index in [4.69, 9.17) is 5.73 Å². The standard InChI is InChI=1S/C24H20F2N6O/c1-14(30-21-16(12-27)13-29-23(28)31-21)19-11-15-7-6-10-18(24(2,25)26)20(15)22(33)32(19)17-8-4-3-5-9-17/h3-11,13-14H,1-2H3,(H3,28,29,30,31)/t14-/m0/s1. The predicted molar refractivity (Wildman–Crippen MR) is 122 cm³/mol. The minimum atomic E-state index is -3.20. The van der Waals surface area contributed by atoms with Gasteiger partial charge in [0.25, 0.3) is 11.5 Å². The van der Waals surface area contributed by atoms with Crippen molar-refractivity contribution < 1.29 is 8.78 Å². The van der Waals surface area contributed by atoms with E-state index in [1.807, 2.05) is 6.07 Å². The normalized spacial score (nSPS) is 12.3. The van der Waals surface area contributed by atoms with E-state index in [1.165, 1.54) is 22.9 Å². The van der Waals surface area contributed by atoms with E-state index < -0.39 is 17.5 Å². The molecule has 0 saturated carbocycles. The van der Waals surface area contributed by atoms with Gasteiger partial charge in [0, 0.05) is 23.9 Å². The fraction of sp³-hybridized carbons (Fsp3) is 0.167. The van der Waals surface area contributed by atoms with Gasteiger partial charge in [-0.25, -0.2) is 13.8 Å². The van der Waals surface area contributed by atoms with E-state index in [2.05, 4.69) is 15.3 Å². The number of para-hydroxylation sites is 1. The Morgan fingerprint density at radius 3 is 2.58 bits per heavy atom. The molecule has 0 aliphatic heterocycles. The number of nitrogens with zero attached hydrogens (tertiary/aromatic N) is 4. The van der Waals surface area contributed by atoms with E-state index in [1.54, 1.807) is 49.4 Å². The van der Waals surface area contributed by atoms with Crippen molar-refractivity contribution in [2.45, 2.75) is 25.8 Å². The Morgan fingerprint density at radius 2 is 1.91 bits per heavy atom. The van der Waals surface area contributed by atoms with Crippen LogP contribution in [0.4, 0.5) is 20.5 Å². The molecule has 4 rings (SSSR count). The number of nitrogen functional groups attached to an aromatic ring is 1. The average molecular weight is 446 g/mol. The molecule has 1 atom stereocenters. The summed E-state index contributed by atoms with van der Waals surface area (Å²) in [5.74, 6) is -3.00. The number of pyridine rings is 1. The molecule has 0 aliphatic rings. The molecule has 0 bridgehead atoms. The fourth-order valence-corrected chi connectivity index (χ4v) is 3.78. The molecule has 9 heteroatoms. The first-order chi connectivity index (χ1) is 15.7. The van der Waals surface area contributed by atoms with E-state index in [9.17, 15) is 18.8 Å². The van der Waals surface area contributed by atoms with E-state index in [0.29, 0.717) is 16.8 Å². The maximum Gasteiger partial charge on any atom is 0.271 e. The highest BCUT2D eigenvalue weighted by molar-refractivity contribution is 5.86. The third kappa shape index (κ3) is 4.11. The first kappa shape index (κ1) is 21.9. The molecule has 3 N–H and O–H groups in total. The summed E-state index contributed by atoms with van der Waals surface area (Å²) in [6.07, 6.45) is 1.30. The van der Waals surface area contributed by atoms with Gasteiger partial charge in [-0.1, -0.05) is 36.4 Å². The molecular weight excluding hydrogens is 426 g/mol. The van der Waals surface area contributed by atoms with Gasteiger partial charge in [-0.15, -0.1) is 0 Å². The monoisotopic (exact) mass is 446 g/mol. The van der Waals surface area contributed by atoms with Crippen LogP contribution in [0.15, 0.2) is 65.6 Å². The zero-order chi connectivity index (χ0) is 23.8. The number of nitrogens with one attached hydrogen (secondary N) is 1. The van der Waals surface area contributed by atoms with Gasteiger partial charge in [0.1, 0.15) is 17.5 Å². The van der Waals surface area contributed by atoms with Crippen molar-refractivity contribution in [2.24, 2.45) is 0 Å². The summed E-state index contributed by atoms with van der Waals surface area (Å²) >= 11 is 0. The van der Waals surface area contributed by atoms with Crippen LogP contribution in [0.2, 0.25) is 0 Å². The van der Waals surface area contributed by atoms with Gasteiger partial charge >= 0.3 is 0 Å². The molecule has 166 valence electrons. The van der Waals surface area contributed by atoms with Crippen molar-refractivity contribution in [1.29, 1.82) is 5.26 Å². The molecular formula is C24H20F2N6O. The number of hydrogen-bond donors (Lipinski definition) is 2. The van der Waals surface area contributed by atoms with Gasteiger partial charge in [-0.05, 0) is 30.5 Å². The van der Waals surface area contributed by atoms with Gasteiger partial charge < -0.3 is 11.1 Å². The quantitative estimate of drug-likeness (QED) is 0.467. The topological polar surface area (TPSA) is 110 Å². The number of hydrogen-bond acceptors (Lipinski definition) is 6. The Kier molecular flexibility index (Phi) is 5.52. The maximum absolute atomic E-state index is 14.3. The molecule has 0 fully saturated rings. The highest BCUT2D eigenvalue weighted by Crippen LogP contribution is 2.33. The second-order valence-electron chi connectivity index (χ2n) is 7.67. The number of nitriles is 1. The van der Waals surface area contributed by atoms with Crippen LogP contribution in [-0.4, -0.2) is 14.5 Å². The van der Waals surface area contributed by atoms with E-state index in [-0.39, 0.29) is 28.3 Å². The van der Waals surface area contributed by atoms with Crippen LogP contribution >= 0.6 is 0 Å². The number of anilines is 2. The molecule has 0 amide bonds. The molecule has 0 saturated heterocycles. The zero-order valence-electron chi connectivity index (χ0n) is 17.9. The molecule has 0 radical (unpaired) electrons. The van der Waals surface area contributed by atoms with Crippen LogP contribution in [0.1, 0.15) is 36.7 Å². The summed E-state index contributed by atoms with van der Waals surface area (Å²) in [5, 5.41) is 12.8. The van der Waals surface area contributed by atoms with Crippen molar-refractivity contribution in [3.05, 3.63) is 88.0 Å². The Labute approximate surface area is 188 Å². The number of halogens is 2. The third-order valence-corrected chi connectivity index (χ3v) is 5.29. The minimum absolute atomic E-state index is 0.0162. The molecule has 0 unspecified atom stereocenters. The van der Waals surface area contributed by atoms with Crippen LogP contribution in [0, 0.1) is 11.3 Å². The lowest BCUT2D eigenvalue weighted by Gasteiger charge is -2.23. The lowest BCUT2D eigenvalue weighted by Crippen LogP contribution is -2.27. The number of aromatic nitrogens is 3. The summed E-state index contributed by atoms with van der Waals surface area (Å²) in [5.41, 5.74) is 5.97. The van der Waals surface area contributed by atoms with Crippen molar-refractivity contribution in [1.82, 2.24) is 14.5 Å². The first-order valence-corrected chi connectivity index (χ1v) is 10.1. The second kappa shape index (κ2) is 8.31. The van der Waals surface area contributed by atoms with Crippen LogP contribution in [0.3, 0.4) is 0 Å². The molecule has 33 heavy (non-hydrogen) atoms. The van der Waals surface area contributed by atoms with Crippen LogP contribution in [0.25, 0.3) is 16.5 Å². The smallest absolute Gasteiger partial charge is 0.271 e. The molecule has 0 spiro atoms. The molecule has 4 aromatic rings. The maximum atomic E-state index is 14.3. The lowest BCUT2D eigenvalue weighted by molar-refractivity contribution is 0.0190. The van der Waals surface area contributed by atoms with Gasteiger partial charge in [0.05, 0.1) is 17.6 Å². The van der Waals surface area contributed by atoms with Gasteiger partial charge in [0.15, 0.2) is 0 Å². The average Bonchev–Trinajstić information content (AvgIpc) is 2.78. The molecule has 2 heterocycles. The fourth-order valence-electron chi connectivity index (χ4n) is 3.78. The first-order valence-electron chi connectivity index (χ1n) is 10.1. The Bertz CT molecular complexity index is 1440. The summed E-state index contributed by atoms with van der Waals surface area (Å²) in [7, 11) is 0.